The summed E-state index contributed by atoms with van der Waals surface area (Å²) in [4.78, 5) is 14.3. The molecule has 112 valence electrons. The van der Waals surface area contributed by atoms with Gasteiger partial charge in [-0.15, -0.1) is 0 Å². The Morgan fingerprint density at radius 1 is 1.37 bits per heavy atom. The van der Waals surface area contributed by atoms with E-state index in [0.717, 1.165) is 6.26 Å². The van der Waals surface area contributed by atoms with Crippen LogP contribution < -0.4 is 5.73 Å². The molecular formula is C12H24N2O3S2. The minimum atomic E-state index is -3.48. The summed E-state index contributed by atoms with van der Waals surface area (Å²) < 4.78 is 22.0. The molecule has 0 unspecified atom stereocenters. The summed E-state index contributed by atoms with van der Waals surface area (Å²) >= 11 is 4.80. The Kier molecular flexibility index (Phi) is 6.41. The van der Waals surface area contributed by atoms with Crippen molar-refractivity contribution in [2.75, 3.05) is 19.3 Å². The van der Waals surface area contributed by atoms with Gasteiger partial charge in [0.25, 0.3) is 0 Å². The van der Waals surface area contributed by atoms with E-state index in [1.54, 1.807) is 0 Å². The van der Waals surface area contributed by atoms with Gasteiger partial charge in [0, 0.05) is 25.8 Å². The average Bonchev–Trinajstić information content (AvgIpc) is 2.20. The highest BCUT2D eigenvalue weighted by Crippen LogP contribution is 2.19. The van der Waals surface area contributed by atoms with Gasteiger partial charge in [0.05, 0.1) is 4.99 Å². The molecular weight excluding hydrogens is 284 g/mol. The third kappa shape index (κ3) is 5.44. The fourth-order valence-electron chi connectivity index (χ4n) is 1.50. The van der Waals surface area contributed by atoms with Gasteiger partial charge in [-0.3, -0.25) is 4.79 Å². The summed E-state index contributed by atoms with van der Waals surface area (Å²) in [5.41, 5.74) is 5.44. The van der Waals surface area contributed by atoms with Gasteiger partial charge in [0.2, 0.25) is 5.91 Å². The van der Waals surface area contributed by atoms with Gasteiger partial charge < -0.3 is 10.6 Å². The molecule has 0 saturated carbocycles. The smallest absolute Gasteiger partial charge is 0.243 e. The van der Waals surface area contributed by atoms with E-state index in [2.05, 4.69) is 0 Å². The minimum absolute atomic E-state index is 0.241. The molecule has 1 amide bonds. The number of amides is 1. The normalized spacial score (nSPS) is 12.5. The molecule has 0 aromatic rings. The van der Waals surface area contributed by atoms with Gasteiger partial charge in [0.1, 0.15) is 4.75 Å². The maximum absolute atomic E-state index is 12.4. The quantitative estimate of drug-likeness (QED) is 0.709. The second-order valence-electron chi connectivity index (χ2n) is 5.64. The monoisotopic (exact) mass is 308 g/mol. The zero-order valence-electron chi connectivity index (χ0n) is 12.3. The summed E-state index contributed by atoms with van der Waals surface area (Å²) in [5.74, 6) is -0.161. The maximum atomic E-state index is 12.4. The number of carbonyl (C=O) groups is 1. The lowest BCUT2D eigenvalue weighted by atomic mass is 10.1. The Labute approximate surface area is 121 Å². The number of hydrogen-bond acceptors (Lipinski definition) is 4. The molecule has 0 radical (unpaired) electrons. The highest BCUT2D eigenvalue weighted by molar-refractivity contribution is 7.92. The molecule has 2 N–H and O–H groups in total. The first-order valence-corrected chi connectivity index (χ1v) is 8.46. The third-order valence-electron chi connectivity index (χ3n) is 2.94. The van der Waals surface area contributed by atoms with Crippen molar-refractivity contribution in [3.63, 3.8) is 0 Å². The van der Waals surface area contributed by atoms with Gasteiger partial charge >= 0.3 is 0 Å². The van der Waals surface area contributed by atoms with Crippen LogP contribution in [0.4, 0.5) is 0 Å². The van der Waals surface area contributed by atoms with Gasteiger partial charge in [-0.1, -0.05) is 26.1 Å². The SMILES string of the molecule is CC(C)CN(CCC(N)=S)C(=O)C(C)(C)S(C)(=O)=O. The van der Waals surface area contributed by atoms with Crippen molar-refractivity contribution in [2.45, 2.75) is 38.9 Å². The van der Waals surface area contributed by atoms with E-state index < -0.39 is 20.5 Å². The summed E-state index contributed by atoms with van der Waals surface area (Å²) in [7, 11) is -3.48. The first kappa shape index (κ1) is 18.3. The van der Waals surface area contributed by atoms with E-state index in [1.165, 1.54) is 18.7 Å². The predicted molar refractivity (Wildman–Crippen MR) is 81.7 cm³/mol. The molecule has 0 aliphatic rings. The molecule has 5 nitrogen and oxygen atoms in total. The molecule has 0 aliphatic carbocycles. The van der Waals surface area contributed by atoms with Crippen molar-refractivity contribution in [1.82, 2.24) is 4.90 Å². The van der Waals surface area contributed by atoms with Crippen LogP contribution in [0.15, 0.2) is 0 Å². The molecule has 0 aliphatic heterocycles. The fraction of sp³-hybridized carbons (Fsp3) is 0.833. The first-order valence-electron chi connectivity index (χ1n) is 6.17. The Morgan fingerprint density at radius 3 is 2.16 bits per heavy atom. The number of rotatable bonds is 7. The Morgan fingerprint density at radius 2 is 1.84 bits per heavy atom. The van der Waals surface area contributed by atoms with Crippen molar-refractivity contribution in [1.29, 1.82) is 0 Å². The second-order valence-corrected chi connectivity index (χ2v) is 8.73. The fourth-order valence-corrected chi connectivity index (χ4v) is 2.04. The van der Waals surface area contributed by atoms with Crippen LogP contribution in [0, 0.1) is 5.92 Å². The lowest BCUT2D eigenvalue weighted by Gasteiger charge is -2.32. The molecule has 0 aromatic heterocycles. The molecule has 7 heteroatoms. The molecule has 0 aromatic carbocycles. The topological polar surface area (TPSA) is 80.5 Å². The van der Waals surface area contributed by atoms with Crippen LogP contribution >= 0.6 is 12.2 Å². The highest BCUT2D eigenvalue weighted by atomic mass is 32.2. The summed E-state index contributed by atoms with van der Waals surface area (Å²) in [6.45, 7) is 7.63. The predicted octanol–water partition coefficient (Wildman–Crippen LogP) is 0.970. The molecule has 0 bridgehead atoms. The number of carbonyl (C=O) groups excluding carboxylic acids is 1. The van der Waals surface area contributed by atoms with Crippen LogP contribution in [-0.2, 0) is 14.6 Å². The van der Waals surface area contributed by atoms with Crippen LogP contribution in [-0.4, -0.2) is 48.3 Å². The maximum Gasteiger partial charge on any atom is 0.243 e. The first-order chi connectivity index (χ1) is 8.39. The van der Waals surface area contributed by atoms with E-state index in [-0.39, 0.29) is 5.92 Å². The van der Waals surface area contributed by atoms with Crippen LogP contribution in [0.1, 0.15) is 34.1 Å². The van der Waals surface area contributed by atoms with E-state index in [0.29, 0.717) is 24.5 Å². The number of hydrogen-bond donors (Lipinski definition) is 1. The third-order valence-corrected chi connectivity index (χ3v) is 5.18. The average molecular weight is 308 g/mol. The Hall–Kier alpha value is -0.690. The van der Waals surface area contributed by atoms with Crippen molar-refractivity contribution < 1.29 is 13.2 Å². The number of sulfone groups is 1. The highest BCUT2D eigenvalue weighted by Gasteiger charge is 2.41. The molecule has 0 fully saturated rings. The summed E-state index contributed by atoms with van der Waals surface area (Å²) in [6, 6.07) is 0. The van der Waals surface area contributed by atoms with Crippen molar-refractivity contribution in [3.8, 4) is 0 Å². The molecule has 0 heterocycles. The Bertz CT molecular complexity index is 442. The minimum Gasteiger partial charge on any atom is -0.393 e. The number of thiocarbonyl (C=S) groups is 1. The second kappa shape index (κ2) is 6.65. The molecule has 19 heavy (non-hydrogen) atoms. The summed E-state index contributed by atoms with van der Waals surface area (Å²) in [6.07, 6.45) is 1.47. The zero-order chi connectivity index (χ0) is 15.4. The lowest BCUT2D eigenvalue weighted by Crippen LogP contribution is -2.51. The van der Waals surface area contributed by atoms with Crippen molar-refractivity contribution in [3.05, 3.63) is 0 Å². The molecule has 0 rings (SSSR count). The van der Waals surface area contributed by atoms with Gasteiger partial charge in [0.15, 0.2) is 9.84 Å². The van der Waals surface area contributed by atoms with Crippen molar-refractivity contribution >= 4 is 33.0 Å². The van der Waals surface area contributed by atoms with Gasteiger partial charge in [-0.25, -0.2) is 8.42 Å². The lowest BCUT2D eigenvalue weighted by molar-refractivity contribution is -0.133. The number of nitrogens with zero attached hydrogens (tertiary/aromatic N) is 1. The van der Waals surface area contributed by atoms with Crippen LogP contribution in [0.2, 0.25) is 0 Å². The van der Waals surface area contributed by atoms with E-state index >= 15 is 0 Å². The zero-order valence-corrected chi connectivity index (χ0v) is 13.9. The number of nitrogens with two attached hydrogens (primary N) is 1. The summed E-state index contributed by atoms with van der Waals surface area (Å²) in [5, 5.41) is 0. The molecule has 0 spiro atoms. The van der Waals surface area contributed by atoms with E-state index in [9.17, 15) is 13.2 Å². The van der Waals surface area contributed by atoms with Crippen LogP contribution in [0.3, 0.4) is 0 Å². The molecule has 0 atom stereocenters. The van der Waals surface area contributed by atoms with Crippen LogP contribution in [0.25, 0.3) is 0 Å². The standard InChI is InChI=1S/C12H24N2O3S2/c1-9(2)8-14(7-6-10(13)18)11(15)12(3,4)19(5,16)17/h9H,6-8H2,1-5H3,(H2,13,18). The van der Waals surface area contributed by atoms with Gasteiger partial charge in [-0.2, -0.15) is 0 Å². The van der Waals surface area contributed by atoms with Gasteiger partial charge in [-0.05, 0) is 19.8 Å². The molecule has 0 saturated heterocycles. The Balaban J connectivity index is 5.15. The van der Waals surface area contributed by atoms with Crippen molar-refractivity contribution in [2.24, 2.45) is 11.7 Å². The largest absolute Gasteiger partial charge is 0.393 e. The van der Waals surface area contributed by atoms with Crippen LogP contribution in [0.5, 0.6) is 0 Å². The van der Waals surface area contributed by atoms with E-state index in [4.69, 9.17) is 18.0 Å². The van der Waals surface area contributed by atoms with E-state index in [1.807, 2.05) is 13.8 Å².